The van der Waals surface area contributed by atoms with E-state index in [1.165, 1.54) is 0 Å². The van der Waals surface area contributed by atoms with Crippen LogP contribution in [0.5, 0.6) is 5.75 Å². The fourth-order valence-electron chi connectivity index (χ4n) is 3.46. The highest BCUT2D eigenvalue weighted by atomic mass is 32.2. The van der Waals surface area contributed by atoms with Crippen LogP contribution >= 0.6 is 23.1 Å². The summed E-state index contributed by atoms with van der Waals surface area (Å²) >= 11 is 2.62. The van der Waals surface area contributed by atoms with E-state index in [0.29, 0.717) is 4.91 Å². The Kier molecular flexibility index (Phi) is 5.05. The lowest BCUT2D eigenvalue weighted by molar-refractivity contribution is -0.115. The molecular weight excluding hydrogens is 428 g/mol. The largest absolute Gasteiger partial charge is 0.497 e. The summed E-state index contributed by atoms with van der Waals surface area (Å²) in [7, 11) is 1.67. The molecule has 0 bridgehead atoms. The van der Waals surface area contributed by atoms with Gasteiger partial charge in [-0.25, -0.2) is 0 Å². The average Bonchev–Trinajstić information content (AvgIpc) is 3.40. The predicted molar refractivity (Wildman–Crippen MR) is 126 cm³/mol. The Bertz CT molecular complexity index is 1370. The maximum atomic E-state index is 11.9. The number of methoxy groups -OCH3 is 1. The molecule has 152 valence electrons. The topological polar surface area (TPSA) is 68.3 Å². The molecule has 1 saturated heterocycles. The smallest absolute Gasteiger partial charge is 0.290 e. The zero-order valence-electron chi connectivity index (χ0n) is 16.4. The maximum Gasteiger partial charge on any atom is 0.290 e. The van der Waals surface area contributed by atoms with Crippen molar-refractivity contribution in [3.63, 3.8) is 0 Å². The van der Waals surface area contributed by atoms with Crippen molar-refractivity contribution >= 4 is 51.2 Å². The highest BCUT2D eigenvalue weighted by molar-refractivity contribution is 8.18. The molecule has 5 nitrogen and oxygen atoms in total. The molecule has 1 aliphatic rings. The Morgan fingerprint density at radius 2 is 1.87 bits per heavy atom. The van der Waals surface area contributed by atoms with Gasteiger partial charge in [0.1, 0.15) is 5.75 Å². The zero-order valence-corrected chi connectivity index (χ0v) is 18.0. The summed E-state index contributed by atoms with van der Waals surface area (Å²) in [6.07, 6.45) is 3.54. The lowest BCUT2D eigenvalue weighted by atomic mass is 10.0. The van der Waals surface area contributed by atoms with Crippen molar-refractivity contribution < 1.29 is 14.3 Å². The minimum Gasteiger partial charge on any atom is -0.497 e. The van der Waals surface area contributed by atoms with E-state index < -0.39 is 0 Å². The van der Waals surface area contributed by atoms with Crippen LogP contribution in [0.1, 0.15) is 5.56 Å². The molecule has 3 heterocycles. The van der Waals surface area contributed by atoms with E-state index in [1.807, 2.05) is 42.5 Å². The molecule has 31 heavy (non-hydrogen) atoms. The van der Waals surface area contributed by atoms with Gasteiger partial charge in [-0.05, 0) is 71.4 Å². The van der Waals surface area contributed by atoms with Gasteiger partial charge in [-0.3, -0.25) is 19.9 Å². The molecule has 7 heteroatoms. The van der Waals surface area contributed by atoms with Gasteiger partial charge in [0.15, 0.2) is 0 Å². The number of aromatic nitrogens is 1. The van der Waals surface area contributed by atoms with Gasteiger partial charge >= 0.3 is 0 Å². The van der Waals surface area contributed by atoms with Crippen LogP contribution in [0.15, 0.2) is 71.8 Å². The zero-order chi connectivity index (χ0) is 21.4. The molecule has 0 saturated carbocycles. The van der Waals surface area contributed by atoms with Gasteiger partial charge in [-0.1, -0.05) is 18.2 Å². The third-order valence-corrected chi connectivity index (χ3v) is 6.91. The normalized spacial score (nSPS) is 14.9. The summed E-state index contributed by atoms with van der Waals surface area (Å²) in [6, 6.07) is 20.1. The number of rotatable bonds is 4. The van der Waals surface area contributed by atoms with Crippen LogP contribution in [-0.2, 0) is 4.79 Å². The van der Waals surface area contributed by atoms with Gasteiger partial charge in [0, 0.05) is 26.9 Å². The molecule has 2 aromatic carbocycles. The second kappa shape index (κ2) is 8.02. The number of hydrogen-bond acceptors (Lipinski definition) is 6. The van der Waals surface area contributed by atoms with Crippen molar-refractivity contribution in [2.45, 2.75) is 0 Å². The number of thiophene rings is 1. The van der Waals surface area contributed by atoms with Crippen molar-refractivity contribution in [3.8, 4) is 26.6 Å². The van der Waals surface area contributed by atoms with E-state index in [0.717, 1.165) is 54.9 Å². The van der Waals surface area contributed by atoms with E-state index in [2.05, 4.69) is 28.5 Å². The number of amides is 2. The highest BCUT2D eigenvalue weighted by Gasteiger charge is 2.25. The number of nitrogens with zero attached hydrogens (tertiary/aromatic N) is 1. The molecule has 0 unspecified atom stereocenters. The van der Waals surface area contributed by atoms with Gasteiger partial charge in [0.2, 0.25) is 0 Å². The molecular formula is C24H16N2O3S2. The number of hydrogen-bond donors (Lipinski definition) is 1. The number of carbonyl (C=O) groups excluding carboxylic acids is 2. The van der Waals surface area contributed by atoms with Crippen LogP contribution in [0, 0.1) is 0 Å². The van der Waals surface area contributed by atoms with Crippen LogP contribution < -0.4 is 10.1 Å². The Balaban J connectivity index is 1.56. The van der Waals surface area contributed by atoms with Crippen molar-refractivity contribution in [2.75, 3.05) is 7.11 Å². The molecule has 0 atom stereocenters. The van der Waals surface area contributed by atoms with E-state index in [1.54, 1.807) is 30.7 Å². The van der Waals surface area contributed by atoms with E-state index >= 15 is 0 Å². The number of benzene rings is 2. The number of pyridine rings is 1. The van der Waals surface area contributed by atoms with E-state index in [-0.39, 0.29) is 11.1 Å². The van der Waals surface area contributed by atoms with Crippen molar-refractivity contribution in [3.05, 3.63) is 77.3 Å². The molecule has 0 aliphatic carbocycles. The second-order valence-corrected chi connectivity index (χ2v) is 8.98. The Morgan fingerprint density at radius 3 is 2.68 bits per heavy atom. The molecule has 0 radical (unpaired) electrons. The summed E-state index contributed by atoms with van der Waals surface area (Å²) in [5.74, 6) is 0.467. The standard InChI is InChI=1S/C24H16N2O3S2/c1-29-16-4-2-3-15(13-16)20-7-8-21(30-20)17-9-10-25-19-6-5-14(11-18(17)19)12-22-23(27)26-24(28)31-22/h2-13H,1H3,(H,26,27,28)/b22-12+. The monoisotopic (exact) mass is 444 g/mol. The van der Waals surface area contributed by atoms with Gasteiger partial charge in [-0.15, -0.1) is 11.3 Å². The van der Waals surface area contributed by atoms with Crippen LogP contribution in [0.25, 0.3) is 37.9 Å². The summed E-state index contributed by atoms with van der Waals surface area (Å²) in [5.41, 5.74) is 3.89. The summed E-state index contributed by atoms with van der Waals surface area (Å²) in [4.78, 5) is 30.5. The average molecular weight is 445 g/mol. The fraction of sp³-hybridized carbons (Fsp3) is 0.0417. The van der Waals surface area contributed by atoms with Crippen LogP contribution in [0.3, 0.4) is 0 Å². The SMILES string of the molecule is COc1cccc(-c2ccc(-c3ccnc4ccc(/C=C5/SC(=O)NC5=O)cc34)s2)c1. The first-order valence-corrected chi connectivity index (χ1v) is 11.1. The first-order chi connectivity index (χ1) is 15.1. The first-order valence-electron chi connectivity index (χ1n) is 9.49. The van der Waals surface area contributed by atoms with E-state index in [9.17, 15) is 9.59 Å². The van der Waals surface area contributed by atoms with Gasteiger partial charge in [0.25, 0.3) is 11.1 Å². The molecule has 2 amide bonds. The Labute approximate surface area is 186 Å². The number of carbonyl (C=O) groups is 2. The van der Waals surface area contributed by atoms with Crippen LogP contribution in [0.4, 0.5) is 4.79 Å². The minimum atomic E-state index is -0.359. The van der Waals surface area contributed by atoms with Crippen LogP contribution in [-0.4, -0.2) is 23.2 Å². The van der Waals surface area contributed by atoms with Gasteiger partial charge in [-0.2, -0.15) is 0 Å². The van der Waals surface area contributed by atoms with Gasteiger partial charge in [0.05, 0.1) is 17.5 Å². The molecule has 1 N–H and O–H groups in total. The summed E-state index contributed by atoms with van der Waals surface area (Å²) in [5, 5.41) is 2.93. The number of fused-ring (bicyclic) bond motifs is 1. The molecule has 1 fully saturated rings. The lowest BCUT2D eigenvalue weighted by Gasteiger charge is -2.06. The number of ether oxygens (including phenoxy) is 1. The maximum absolute atomic E-state index is 11.9. The molecule has 2 aromatic heterocycles. The first kappa shape index (κ1) is 19.5. The van der Waals surface area contributed by atoms with Crippen molar-refractivity contribution in [2.24, 2.45) is 0 Å². The molecule has 4 aromatic rings. The summed E-state index contributed by atoms with van der Waals surface area (Å²) < 4.78 is 5.35. The quantitative estimate of drug-likeness (QED) is 0.393. The highest BCUT2D eigenvalue weighted by Crippen LogP contribution is 2.38. The minimum absolute atomic E-state index is 0.344. The number of thioether (sulfide) groups is 1. The second-order valence-electron chi connectivity index (χ2n) is 6.88. The van der Waals surface area contributed by atoms with Crippen LogP contribution in [0.2, 0.25) is 0 Å². The summed E-state index contributed by atoms with van der Waals surface area (Å²) in [6.45, 7) is 0. The third kappa shape index (κ3) is 3.85. The number of nitrogens with one attached hydrogen (secondary N) is 1. The number of imide groups is 1. The van der Waals surface area contributed by atoms with Crippen molar-refractivity contribution in [1.29, 1.82) is 0 Å². The molecule has 1 aliphatic heterocycles. The molecule has 5 rings (SSSR count). The van der Waals surface area contributed by atoms with E-state index in [4.69, 9.17) is 4.74 Å². The van der Waals surface area contributed by atoms with Crippen molar-refractivity contribution in [1.82, 2.24) is 10.3 Å². The fourth-order valence-corrected chi connectivity index (χ4v) is 5.18. The lowest BCUT2D eigenvalue weighted by Crippen LogP contribution is -2.17. The van der Waals surface area contributed by atoms with Gasteiger partial charge < -0.3 is 4.74 Å². The molecule has 0 spiro atoms. The third-order valence-electron chi connectivity index (χ3n) is 4.93. The Morgan fingerprint density at radius 1 is 1.00 bits per heavy atom. The Hall–Kier alpha value is -3.42. The predicted octanol–water partition coefficient (Wildman–Crippen LogP) is 5.96.